The number of amides is 1. The van der Waals surface area contributed by atoms with Crippen LogP contribution in [0.2, 0.25) is 0 Å². The summed E-state index contributed by atoms with van der Waals surface area (Å²) in [5, 5.41) is 9.41. The Balaban J connectivity index is 1.18. The summed E-state index contributed by atoms with van der Waals surface area (Å²) in [6.45, 7) is 5.14. The Morgan fingerprint density at radius 3 is 2.50 bits per heavy atom. The average molecular weight is 456 g/mol. The van der Waals surface area contributed by atoms with Crippen LogP contribution >= 0.6 is 0 Å². The standard InChI is InChI=1S/C25H25N7O2/c1-16-3-6-23(32-27-7-8-28-32)21(9-16)24(33)30-12-18-14-31(15-19(18)13-30)25-26-11-17-10-20(34-2)4-5-22(17)29-25/h3-11,18-19H,12-15H2,1-2H3. The maximum Gasteiger partial charge on any atom is 0.256 e. The monoisotopic (exact) mass is 455 g/mol. The number of likely N-dealkylation sites (tertiary alicyclic amines) is 1. The molecule has 0 N–H and O–H groups in total. The molecule has 2 saturated heterocycles. The lowest BCUT2D eigenvalue weighted by Gasteiger charge is -2.23. The summed E-state index contributed by atoms with van der Waals surface area (Å²) in [5.74, 6) is 2.37. The van der Waals surface area contributed by atoms with Crippen molar-refractivity contribution in [2.75, 3.05) is 38.2 Å². The second-order valence-electron chi connectivity index (χ2n) is 9.07. The van der Waals surface area contributed by atoms with Gasteiger partial charge in [-0.2, -0.15) is 15.0 Å². The first-order valence-electron chi connectivity index (χ1n) is 11.4. The zero-order chi connectivity index (χ0) is 23.2. The van der Waals surface area contributed by atoms with Crippen LogP contribution in [-0.2, 0) is 0 Å². The largest absolute Gasteiger partial charge is 0.497 e. The number of fused-ring (bicyclic) bond motifs is 2. The molecule has 2 atom stereocenters. The van der Waals surface area contributed by atoms with Crippen molar-refractivity contribution in [1.82, 2.24) is 29.9 Å². The van der Waals surface area contributed by atoms with Crippen molar-refractivity contribution >= 4 is 22.8 Å². The molecule has 2 fully saturated rings. The highest BCUT2D eigenvalue weighted by molar-refractivity contribution is 5.98. The average Bonchev–Trinajstić information content (AvgIpc) is 3.60. The van der Waals surface area contributed by atoms with E-state index in [1.54, 1.807) is 19.5 Å². The van der Waals surface area contributed by atoms with E-state index in [0.29, 0.717) is 23.1 Å². The summed E-state index contributed by atoms with van der Waals surface area (Å²) >= 11 is 0. The molecular weight excluding hydrogens is 430 g/mol. The molecule has 2 aliphatic rings. The van der Waals surface area contributed by atoms with Crippen molar-refractivity contribution in [1.29, 1.82) is 0 Å². The fourth-order valence-electron chi connectivity index (χ4n) is 5.11. The SMILES string of the molecule is COc1ccc2nc(N3CC4CN(C(=O)c5cc(C)ccc5-n5nccn5)CC4C3)ncc2c1. The van der Waals surface area contributed by atoms with Gasteiger partial charge >= 0.3 is 0 Å². The number of carbonyl (C=O) groups excluding carboxylic acids is 1. The highest BCUT2D eigenvalue weighted by Gasteiger charge is 2.43. The summed E-state index contributed by atoms with van der Waals surface area (Å²) in [6, 6.07) is 11.6. The molecule has 2 aromatic carbocycles. The topological polar surface area (TPSA) is 89.3 Å². The van der Waals surface area contributed by atoms with Crippen LogP contribution in [0.25, 0.3) is 16.6 Å². The van der Waals surface area contributed by atoms with E-state index in [2.05, 4.69) is 20.1 Å². The molecule has 0 bridgehead atoms. The number of benzene rings is 2. The first-order valence-corrected chi connectivity index (χ1v) is 11.4. The molecule has 0 saturated carbocycles. The third kappa shape index (κ3) is 3.53. The Morgan fingerprint density at radius 1 is 1.00 bits per heavy atom. The molecule has 2 aliphatic heterocycles. The molecule has 4 aromatic rings. The lowest BCUT2D eigenvalue weighted by molar-refractivity contribution is 0.0782. The van der Waals surface area contributed by atoms with Crippen molar-refractivity contribution in [2.45, 2.75) is 6.92 Å². The number of aryl methyl sites for hydroxylation is 1. The maximum atomic E-state index is 13.5. The summed E-state index contributed by atoms with van der Waals surface area (Å²) in [5.41, 5.74) is 3.29. The summed E-state index contributed by atoms with van der Waals surface area (Å²) < 4.78 is 5.29. The zero-order valence-electron chi connectivity index (χ0n) is 19.1. The quantitative estimate of drug-likeness (QED) is 0.467. The third-order valence-corrected chi connectivity index (χ3v) is 6.85. The van der Waals surface area contributed by atoms with Crippen LogP contribution in [0, 0.1) is 18.8 Å². The normalized spacial score (nSPS) is 19.6. The number of methoxy groups -OCH3 is 1. The molecule has 2 unspecified atom stereocenters. The van der Waals surface area contributed by atoms with Crippen molar-refractivity contribution in [3.8, 4) is 11.4 Å². The van der Waals surface area contributed by atoms with E-state index in [9.17, 15) is 4.79 Å². The van der Waals surface area contributed by atoms with Crippen molar-refractivity contribution < 1.29 is 9.53 Å². The minimum atomic E-state index is 0.0350. The molecule has 0 radical (unpaired) electrons. The van der Waals surface area contributed by atoms with E-state index in [0.717, 1.165) is 54.3 Å². The number of nitrogens with zero attached hydrogens (tertiary/aromatic N) is 7. The van der Waals surface area contributed by atoms with Gasteiger partial charge in [0.25, 0.3) is 5.91 Å². The molecule has 9 nitrogen and oxygen atoms in total. The number of carbonyl (C=O) groups is 1. The van der Waals surface area contributed by atoms with Crippen LogP contribution in [0.1, 0.15) is 15.9 Å². The summed E-state index contributed by atoms with van der Waals surface area (Å²) in [7, 11) is 1.65. The van der Waals surface area contributed by atoms with E-state index in [1.165, 1.54) is 4.80 Å². The van der Waals surface area contributed by atoms with Crippen LogP contribution in [0.3, 0.4) is 0 Å². The Kier molecular flexibility index (Phi) is 4.90. The van der Waals surface area contributed by atoms with E-state index in [-0.39, 0.29) is 5.91 Å². The van der Waals surface area contributed by atoms with Gasteiger partial charge in [-0.1, -0.05) is 11.6 Å². The number of hydrogen-bond donors (Lipinski definition) is 0. The lowest BCUT2D eigenvalue weighted by atomic mass is 10.0. The highest BCUT2D eigenvalue weighted by Crippen LogP contribution is 2.34. The summed E-state index contributed by atoms with van der Waals surface area (Å²) in [4.78, 5) is 28.6. The Bertz CT molecular complexity index is 1360. The summed E-state index contributed by atoms with van der Waals surface area (Å²) in [6.07, 6.45) is 5.09. The molecule has 4 heterocycles. The maximum absolute atomic E-state index is 13.5. The Hall–Kier alpha value is -4.01. The van der Waals surface area contributed by atoms with Gasteiger partial charge in [0.05, 0.1) is 36.3 Å². The minimum Gasteiger partial charge on any atom is -0.497 e. The third-order valence-electron chi connectivity index (χ3n) is 6.85. The molecule has 0 aliphatic carbocycles. The molecule has 0 spiro atoms. The first kappa shape index (κ1) is 20.6. The second-order valence-corrected chi connectivity index (χ2v) is 9.07. The van der Waals surface area contributed by atoms with Crippen LogP contribution in [0.4, 0.5) is 5.95 Å². The van der Waals surface area contributed by atoms with Gasteiger partial charge < -0.3 is 14.5 Å². The molecule has 6 rings (SSSR count). The van der Waals surface area contributed by atoms with Gasteiger partial charge in [-0.3, -0.25) is 4.79 Å². The van der Waals surface area contributed by atoms with Gasteiger partial charge in [-0.05, 0) is 37.3 Å². The number of ether oxygens (including phenoxy) is 1. The molecular formula is C25H25N7O2. The van der Waals surface area contributed by atoms with Gasteiger partial charge in [0.1, 0.15) is 5.75 Å². The van der Waals surface area contributed by atoms with Gasteiger partial charge in [-0.15, -0.1) is 0 Å². The fourth-order valence-corrected chi connectivity index (χ4v) is 5.11. The van der Waals surface area contributed by atoms with Crippen molar-refractivity contribution in [2.24, 2.45) is 11.8 Å². The number of rotatable bonds is 4. The van der Waals surface area contributed by atoms with Crippen LogP contribution < -0.4 is 9.64 Å². The van der Waals surface area contributed by atoms with E-state index in [1.807, 2.05) is 54.4 Å². The van der Waals surface area contributed by atoms with E-state index < -0.39 is 0 Å². The van der Waals surface area contributed by atoms with Gasteiger partial charge in [0, 0.05) is 49.6 Å². The Morgan fingerprint density at radius 2 is 1.76 bits per heavy atom. The predicted octanol–water partition coefficient (Wildman–Crippen LogP) is 2.74. The fraction of sp³-hybridized carbons (Fsp3) is 0.320. The molecule has 34 heavy (non-hydrogen) atoms. The number of anilines is 1. The van der Waals surface area contributed by atoms with Gasteiger partial charge in [-0.25, -0.2) is 9.97 Å². The van der Waals surface area contributed by atoms with E-state index >= 15 is 0 Å². The molecule has 2 aromatic heterocycles. The second kappa shape index (κ2) is 8.09. The zero-order valence-corrected chi connectivity index (χ0v) is 19.1. The first-order chi connectivity index (χ1) is 16.6. The van der Waals surface area contributed by atoms with Gasteiger partial charge in [0.2, 0.25) is 5.95 Å². The van der Waals surface area contributed by atoms with Crippen LogP contribution in [-0.4, -0.2) is 69.1 Å². The van der Waals surface area contributed by atoms with Crippen molar-refractivity contribution in [3.63, 3.8) is 0 Å². The number of aromatic nitrogens is 5. The smallest absolute Gasteiger partial charge is 0.256 e. The molecule has 9 heteroatoms. The highest BCUT2D eigenvalue weighted by atomic mass is 16.5. The van der Waals surface area contributed by atoms with Crippen molar-refractivity contribution in [3.05, 3.63) is 66.1 Å². The molecule has 172 valence electrons. The van der Waals surface area contributed by atoms with Crippen LogP contribution in [0.15, 0.2) is 55.0 Å². The molecule has 1 amide bonds. The van der Waals surface area contributed by atoms with Crippen LogP contribution in [0.5, 0.6) is 5.75 Å². The Labute approximate surface area is 197 Å². The minimum absolute atomic E-state index is 0.0350. The number of hydrogen-bond acceptors (Lipinski definition) is 7. The van der Waals surface area contributed by atoms with E-state index in [4.69, 9.17) is 9.72 Å². The lowest BCUT2D eigenvalue weighted by Crippen LogP contribution is -2.34. The predicted molar refractivity (Wildman–Crippen MR) is 127 cm³/mol. The van der Waals surface area contributed by atoms with Gasteiger partial charge in [0.15, 0.2) is 0 Å².